The molecule has 8 heteroatoms. The number of carbonyl (C=O) groups is 1. The van der Waals surface area contributed by atoms with Gasteiger partial charge in [-0.15, -0.1) is 23.1 Å². The van der Waals surface area contributed by atoms with Crippen LogP contribution in [0, 0.1) is 0 Å². The van der Waals surface area contributed by atoms with E-state index in [4.69, 9.17) is 11.6 Å². The Hall–Kier alpha value is -2.61. The van der Waals surface area contributed by atoms with Crippen molar-refractivity contribution in [2.75, 3.05) is 5.32 Å². The van der Waals surface area contributed by atoms with Crippen LogP contribution < -0.4 is 10.9 Å². The number of halogens is 1. The first-order valence-corrected chi connectivity index (χ1v) is 11.0. The van der Waals surface area contributed by atoms with Crippen LogP contribution in [0.15, 0.2) is 63.6 Å². The summed E-state index contributed by atoms with van der Waals surface area (Å²) >= 11 is 9.30. The minimum Gasteiger partial charge on any atom is -0.326 e. The molecule has 0 saturated heterocycles. The van der Waals surface area contributed by atoms with Crippen molar-refractivity contribution in [2.24, 2.45) is 0 Å². The molecule has 2 aromatic carbocycles. The lowest BCUT2D eigenvalue weighted by Gasteiger charge is -2.05. The number of amides is 1. The molecule has 2 heterocycles. The highest BCUT2D eigenvalue weighted by Gasteiger charge is 2.15. The predicted octanol–water partition coefficient (Wildman–Crippen LogP) is 5.56. The second-order valence-corrected chi connectivity index (χ2v) is 8.63. The fraction of sp³-hybridized carbons (Fsp3) is 0.0952. The number of thiophene rings is 1. The Labute approximate surface area is 180 Å². The predicted molar refractivity (Wildman–Crippen MR) is 121 cm³/mol. The van der Waals surface area contributed by atoms with Crippen molar-refractivity contribution in [3.05, 3.63) is 75.1 Å². The maximum Gasteiger partial charge on any atom is 0.260 e. The van der Waals surface area contributed by atoms with E-state index in [1.807, 2.05) is 53.9 Å². The number of nitrogens with one attached hydrogen (secondary N) is 2. The van der Waals surface area contributed by atoms with Gasteiger partial charge in [0.2, 0.25) is 5.91 Å². The zero-order valence-corrected chi connectivity index (χ0v) is 17.8. The third-order valence-corrected chi connectivity index (χ3v) is 6.43. The highest BCUT2D eigenvalue weighted by molar-refractivity contribution is 7.98. The van der Waals surface area contributed by atoms with Crippen LogP contribution in [0.2, 0.25) is 5.02 Å². The molecular formula is C21H16ClN3O2S2. The van der Waals surface area contributed by atoms with Gasteiger partial charge < -0.3 is 10.3 Å². The average molecular weight is 442 g/mol. The van der Waals surface area contributed by atoms with E-state index in [0.717, 1.165) is 21.7 Å². The number of hydrogen-bond acceptors (Lipinski definition) is 5. The zero-order chi connectivity index (χ0) is 20.4. The summed E-state index contributed by atoms with van der Waals surface area (Å²) in [6.45, 7) is 1.47. The molecule has 4 aromatic rings. The van der Waals surface area contributed by atoms with Crippen molar-refractivity contribution in [3.63, 3.8) is 0 Å². The summed E-state index contributed by atoms with van der Waals surface area (Å²) in [5.74, 6) is 1.04. The molecule has 5 nitrogen and oxygen atoms in total. The van der Waals surface area contributed by atoms with Crippen LogP contribution >= 0.6 is 34.7 Å². The maximum absolute atomic E-state index is 12.7. The second-order valence-electron chi connectivity index (χ2n) is 6.32. The normalized spacial score (nSPS) is 11.0. The standard InChI is InChI=1S/C21H16ClN3O2S2/c1-12(26)23-13-6-8-14(9-7-13)28-11-18-24-20(27)19-16(10-29-21(19)25-18)15-4-2-3-5-17(15)22/h2-10H,11H2,1H3,(H,23,26)(H,24,25,27). The SMILES string of the molecule is CC(=O)Nc1ccc(SCc2nc3scc(-c4ccccc4Cl)c3c(=O)[nH]2)cc1. The monoisotopic (exact) mass is 441 g/mol. The molecule has 0 unspecified atom stereocenters. The van der Waals surface area contributed by atoms with E-state index in [9.17, 15) is 9.59 Å². The number of nitrogens with zero attached hydrogens (tertiary/aromatic N) is 1. The van der Waals surface area contributed by atoms with Gasteiger partial charge in [0, 0.05) is 39.0 Å². The second kappa shape index (κ2) is 8.41. The molecule has 0 aliphatic rings. The van der Waals surface area contributed by atoms with Crippen LogP contribution in [0.1, 0.15) is 12.7 Å². The van der Waals surface area contributed by atoms with Crippen molar-refractivity contribution in [3.8, 4) is 11.1 Å². The highest BCUT2D eigenvalue weighted by atomic mass is 35.5. The first kappa shape index (κ1) is 19.7. The Bertz CT molecular complexity index is 1250. The van der Waals surface area contributed by atoms with E-state index in [2.05, 4.69) is 15.3 Å². The molecule has 0 aliphatic heterocycles. The lowest BCUT2D eigenvalue weighted by atomic mass is 10.1. The van der Waals surface area contributed by atoms with Crippen molar-refractivity contribution in [2.45, 2.75) is 17.6 Å². The van der Waals surface area contributed by atoms with E-state index < -0.39 is 0 Å². The van der Waals surface area contributed by atoms with Gasteiger partial charge in [-0.3, -0.25) is 9.59 Å². The van der Waals surface area contributed by atoms with Crippen molar-refractivity contribution in [1.29, 1.82) is 0 Å². The largest absolute Gasteiger partial charge is 0.326 e. The van der Waals surface area contributed by atoms with Gasteiger partial charge in [0.25, 0.3) is 5.56 Å². The molecule has 4 rings (SSSR count). The number of hydrogen-bond donors (Lipinski definition) is 2. The number of aromatic amines is 1. The van der Waals surface area contributed by atoms with E-state index in [-0.39, 0.29) is 11.5 Å². The van der Waals surface area contributed by atoms with Gasteiger partial charge in [0.15, 0.2) is 0 Å². The van der Waals surface area contributed by atoms with Gasteiger partial charge in [-0.25, -0.2) is 4.98 Å². The number of fused-ring (bicyclic) bond motifs is 1. The van der Waals surface area contributed by atoms with Gasteiger partial charge in [-0.05, 0) is 30.3 Å². The third-order valence-electron chi connectivity index (χ3n) is 4.21. The minimum absolute atomic E-state index is 0.104. The summed E-state index contributed by atoms with van der Waals surface area (Å²) < 4.78 is 0. The Morgan fingerprint density at radius 1 is 1.17 bits per heavy atom. The number of thioether (sulfide) groups is 1. The first-order chi connectivity index (χ1) is 14.0. The average Bonchev–Trinajstić information content (AvgIpc) is 3.12. The topological polar surface area (TPSA) is 74.8 Å². The number of rotatable bonds is 5. The van der Waals surface area contributed by atoms with Crippen molar-refractivity contribution in [1.82, 2.24) is 9.97 Å². The lowest BCUT2D eigenvalue weighted by molar-refractivity contribution is -0.114. The molecule has 0 radical (unpaired) electrons. The summed E-state index contributed by atoms with van der Waals surface area (Å²) in [6, 6.07) is 15.0. The molecule has 0 spiro atoms. The van der Waals surface area contributed by atoms with E-state index in [0.29, 0.717) is 26.8 Å². The maximum atomic E-state index is 12.7. The van der Waals surface area contributed by atoms with Crippen molar-refractivity contribution >= 4 is 56.5 Å². The Morgan fingerprint density at radius 2 is 1.93 bits per heavy atom. The molecule has 1 amide bonds. The Kier molecular flexibility index (Phi) is 5.71. The Balaban J connectivity index is 1.56. The van der Waals surface area contributed by atoms with E-state index in [1.165, 1.54) is 18.3 Å². The van der Waals surface area contributed by atoms with Crippen LogP contribution in [-0.4, -0.2) is 15.9 Å². The van der Waals surface area contributed by atoms with Gasteiger partial charge >= 0.3 is 0 Å². The fourth-order valence-corrected chi connectivity index (χ4v) is 4.89. The number of aromatic nitrogens is 2. The smallest absolute Gasteiger partial charge is 0.260 e. The van der Waals surface area contributed by atoms with Crippen molar-refractivity contribution < 1.29 is 4.79 Å². The van der Waals surface area contributed by atoms with Crippen LogP contribution in [-0.2, 0) is 10.5 Å². The van der Waals surface area contributed by atoms with Gasteiger partial charge in [0.05, 0.1) is 11.1 Å². The number of carbonyl (C=O) groups excluding carboxylic acids is 1. The highest BCUT2D eigenvalue weighted by Crippen LogP contribution is 2.35. The molecule has 29 heavy (non-hydrogen) atoms. The quantitative estimate of drug-likeness (QED) is 0.398. The molecule has 0 atom stereocenters. The summed E-state index contributed by atoms with van der Waals surface area (Å²) in [5, 5.41) is 5.83. The minimum atomic E-state index is -0.164. The summed E-state index contributed by atoms with van der Waals surface area (Å²) in [6.07, 6.45) is 0. The summed E-state index contributed by atoms with van der Waals surface area (Å²) in [7, 11) is 0. The van der Waals surface area contributed by atoms with Crippen LogP contribution in [0.5, 0.6) is 0 Å². The molecule has 0 fully saturated rings. The molecular weight excluding hydrogens is 426 g/mol. The number of anilines is 1. The number of benzene rings is 2. The van der Waals surface area contributed by atoms with Crippen LogP contribution in [0.4, 0.5) is 5.69 Å². The third kappa shape index (κ3) is 4.37. The molecule has 2 aromatic heterocycles. The number of H-pyrrole nitrogens is 1. The lowest BCUT2D eigenvalue weighted by Crippen LogP contribution is -2.10. The summed E-state index contributed by atoms with van der Waals surface area (Å²) in [4.78, 5) is 33.1. The first-order valence-electron chi connectivity index (χ1n) is 8.77. The van der Waals surface area contributed by atoms with Crippen LogP contribution in [0.3, 0.4) is 0 Å². The van der Waals surface area contributed by atoms with Gasteiger partial charge in [-0.1, -0.05) is 29.8 Å². The van der Waals surface area contributed by atoms with E-state index in [1.54, 1.807) is 11.8 Å². The molecule has 146 valence electrons. The van der Waals surface area contributed by atoms with E-state index >= 15 is 0 Å². The fourth-order valence-electron chi connectivity index (χ4n) is 2.93. The van der Waals surface area contributed by atoms with Gasteiger partial charge in [0.1, 0.15) is 10.7 Å². The Morgan fingerprint density at radius 3 is 2.66 bits per heavy atom. The molecule has 2 N–H and O–H groups in total. The summed E-state index contributed by atoms with van der Waals surface area (Å²) in [5.41, 5.74) is 2.22. The molecule has 0 saturated carbocycles. The van der Waals surface area contributed by atoms with Gasteiger partial charge in [-0.2, -0.15) is 0 Å². The molecule has 0 aliphatic carbocycles. The van der Waals surface area contributed by atoms with Crippen LogP contribution in [0.25, 0.3) is 21.3 Å². The zero-order valence-electron chi connectivity index (χ0n) is 15.4. The molecule has 0 bridgehead atoms.